The van der Waals surface area contributed by atoms with Crippen LogP contribution < -0.4 is 4.74 Å². The van der Waals surface area contributed by atoms with Gasteiger partial charge < -0.3 is 4.74 Å². The van der Waals surface area contributed by atoms with Crippen molar-refractivity contribution >= 4 is 17.7 Å². The fourth-order valence-electron chi connectivity index (χ4n) is 0.846. The number of pyridine rings is 1. The van der Waals surface area contributed by atoms with E-state index in [1.165, 1.54) is 0 Å². The Morgan fingerprint density at radius 2 is 2.50 bits per heavy atom. The van der Waals surface area contributed by atoms with Crippen LogP contribution in [-0.2, 0) is 0 Å². The molecule has 64 valence electrons. The molecule has 2 nitrogen and oxygen atoms in total. The largest absolute Gasteiger partial charge is 0.478 e. The molecule has 1 aromatic heterocycles. The summed E-state index contributed by atoms with van der Waals surface area (Å²) in [5.41, 5.74) is 0.823. The SMILES string of the molecule is C=Cc1cc(Cl)cnc1OCC. The average Bonchev–Trinajstić information content (AvgIpc) is 2.08. The summed E-state index contributed by atoms with van der Waals surface area (Å²) in [5, 5.41) is 0.591. The lowest BCUT2D eigenvalue weighted by Gasteiger charge is -2.04. The van der Waals surface area contributed by atoms with Crippen LogP contribution in [0.25, 0.3) is 6.08 Å². The van der Waals surface area contributed by atoms with Gasteiger partial charge in [0.1, 0.15) is 0 Å². The predicted octanol–water partition coefficient (Wildman–Crippen LogP) is 2.78. The molecular formula is C9H10ClNO. The third-order valence-corrected chi connectivity index (χ3v) is 1.55. The highest BCUT2D eigenvalue weighted by Crippen LogP contribution is 2.20. The second-order valence-electron chi connectivity index (χ2n) is 2.19. The van der Waals surface area contributed by atoms with Gasteiger partial charge in [-0.1, -0.05) is 24.3 Å². The van der Waals surface area contributed by atoms with Crippen LogP contribution in [0.1, 0.15) is 12.5 Å². The first kappa shape index (κ1) is 9.07. The van der Waals surface area contributed by atoms with Gasteiger partial charge in [0, 0.05) is 11.8 Å². The highest BCUT2D eigenvalue weighted by Gasteiger charge is 2.01. The van der Waals surface area contributed by atoms with Gasteiger partial charge in [0.25, 0.3) is 0 Å². The van der Waals surface area contributed by atoms with Crippen molar-refractivity contribution in [2.45, 2.75) is 6.92 Å². The predicted molar refractivity (Wildman–Crippen MR) is 50.5 cm³/mol. The number of aromatic nitrogens is 1. The summed E-state index contributed by atoms with van der Waals surface area (Å²) in [6.45, 7) is 6.13. The Morgan fingerprint density at radius 3 is 3.08 bits per heavy atom. The van der Waals surface area contributed by atoms with E-state index in [1.807, 2.05) is 6.92 Å². The molecule has 0 bridgehead atoms. The van der Waals surface area contributed by atoms with E-state index in [9.17, 15) is 0 Å². The van der Waals surface area contributed by atoms with Gasteiger partial charge in [-0.05, 0) is 13.0 Å². The maximum Gasteiger partial charge on any atom is 0.220 e. The van der Waals surface area contributed by atoms with Crippen LogP contribution in [0, 0.1) is 0 Å². The molecule has 0 amide bonds. The quantitative estimate of drug-likeness (QED) is 0.719. The molecule has 1 heterocycles. The second-order valence-corrected chi connectivity index (χ2v) is 2.62. The van der Waals surface area contributed by atoms with Crippen molar-refractivity contribution in [3.05, 3.63) is 29.4 Å². The minimum absolute atomic E-state index is 0.580. The van der Waals surface area contributed by atoms with E-state index in [-0.39, 0.29) is 0 Å². The monoisotopic (exact) mass is 183 g/mol. The highest BCUT2D eigenvalue weighted by molar-refractivity contribution is 6.30. The van der Waals surface area contributed by atoms with Crippen LogP contribution in [0.4, 0.5) is 0 Å². The van der Waals surface area contributed by atoms with E-state index in [0.29, 0.717) is 17.5 Å². The Labute approximate surface area is 76.8 Å². The Bertz CT molecular complexity index is 286. The zero-order valence-electron chi connectivity index (χ0n) is 6.88. The number of halogens is 1. The van der Waals surface area contributed by atoms with Crippen molar-refractivity contribution < 1.29 is 4.74 Å². The molecule has 0 fully saturated rings. The maximum atomic E-state index is 5.73. The molecule has 1 rings (SSSR count). The zero-order valence-corrected chi connectivity index (χ0v) is 7.64. The van der Waals surface area contributed by atoms with Crippen LogP contribution >= 0.6 is 11.6 Å². The molecule has 3 heteroatoms. The van der Waals surface area contributed by atoms with E-state index in [4.69, 9.17) is 16.3 Å². The van der Waals surface area contributed by atoms with Crippen LogP contribution in [0.5, 0.6) is 5.88 Å². The summed E-state index contributed by atoms with van der Waals surface area (Å²) in [5.74, 6) is 0.580. The molecule has 0 aromatic carbocycles. The summed E-state index contributed by atoms with van der Waals surface area (Å²) in [6, 6.07) is 1.77. The summed E-state index contributed by atoms with van der Waals surface area (Å²) >= 11 is 5.73. The van der Waals surface area contributed by atoms with Gasteiger partial charge in [-0.3, -0.25) is 0 Å². The first-order chi connectivity index (χ1) is 5.77. The minimum Gasteiger partial charge on any atom is -0.478 e. The van der Waals surface area contributed by atoms with Gasteiger partial charge in [-0.15, -0.1) is 0 Å². The van der Waals surface area contributed by atoms with E-state index < -0.39 is 0 Å². The Kier molecular flexibility index (Phi) is 3.11. The van der Waals surface area contributed by atoms with Crippen molar-refractivity contribution in [1.29, 1.82) is 0 Å². The summed E-state index contributed by atoms with van der Waals surface area (Å²) in [4.78, 5) is 4.01. The molecule has 0 N–H and O–H groups in total. The average molecular weight is 184 g/mol. The summed E-state index contributed by atoms with van der Waals surface area (Å²) in [6.07, 6.45) is 3.23. The van der Waals surface area contributed by atoms with Gasteiger partial charge in [0.05, 0.1) is 11.6 Å². The Hall–Kier alpha value is -1.02. The Morgan fingerprint density at radius 1 is 1.75 bits per heavy atom. The Balaban J connectivity index is 3.02. The van der Waals surface area contributed by atoms with Crippen molar-refractivity contribution in [1.82, 2.24) is 4.98 Å². The van der Waals surface area contributed by atoms with E-state index in [1.54, 1.807) is 18.3 Å². The van der Waals surface area contributed by atoms with Gasteiger partial charge in [0.15, 0.2) is 0 Å². The molecule has 1 aromatic rings. The molecule has 12 heavy (non-hydrogen) atoms. The van der Waals surface area contributed by atoms with Crippen molar-refractivity contribution in [3.63, 3.8) is 0 Å². The molecule has 0 atom stereocenters. The second kappa shape index (κ2) is 4.12. The number of nitrogens with zero attached hydrogens (tertiary/aromatic N) is 1. The van der Waals surface area contributed by atoms with Crippen molar-refractivity contribution in [2.24, 2.45) is 0 Å². The molecule has 0 unspecified atom stereocenters. The van der Waals surface area contributed by atoms with Gasteiger partial charge in [-0.25, -0.2) is 4.98 Å². The third-order valence-electron chi connectivity index (χ3n) is 1.35. The fourth-order valence-corrected chi connectivity index (χ4v) is 1.01. The number of hydrogen-bond acceptors (Lipinski definition) is 2. The van der Waals surface area contributed by atoms with Gasteiger partial charge >= 0.3 is 0 Å². The van der Waals surface area contributed by atoms with Gasteiger partial charge in [0.2, 0.25) is 5.88 Å². The van der Waals surface area contributed by atoms with E-state index >= 15 is 0 Å². The molecule has 0 aliphatic heterocycles. The number of hydrogen-bond donors (Lipinski definition) is 0. The third kappa shape index (κ3) is 1.98. The minimum atomic E-state index is 0.580. The normalized spacial score (nSPS) is 9.50. The van der Waals surface area contributed by atoms with Crippen LogP contribution in [0.2, 0.25) is 5.02 Å². The number of rotatable bonds is 3. The van der Waals surface area contributed by atoms with Crippen molar-refractivity contribution in [3.8, 4) is 5.88 Å². The lowest BCUT2D eigenvalue weighted by molar-refractivity contribution is 0.326. The van der Waals surface area contributed by atoms with Crippen LogP contribution in [-0.4, -0.2) is 11.6 Å². The smallest absolute Gasteiger partial charge is 0.220 e. The summed E-state index contributed by atoms with van der Waals surface area (Å²) < 4.78 is 5.24. The molecule has 0 spiro atoms. The van der Waals surface area contributed by atoms with Crippen molar-refractivity contribution in [2.75, 3.05) is 6.61 Å². The van der Waals surface area contributed by atoms with E-state index in [0.717, 1.165) is 5.56 Å². The standard InChI is InChI=1S/C9H10ClNO/c1-3-7-5-8(10)6-11-9(7)12-4-2/h3,5-6H,1,4H2,2H3. The van der Waals surface area contributed by atoms with Gasteiger partial charge in [-0.2, -0.15) is 0 Å². The number of ether oxygens (including phenoxy) is 1. The first-order valence-corrected chi connectivity index (χ1v) is 4.06. The topological polar surface area (TPSA) is 22.1 Å². The van der Waals surface area contributed by atoms with E-state index in [2.05, 4.69) is 11.6 Å². The first-order valence-electron chi connectivity index (χ1n) is 3.68. The molecule has 0 aliphatic carbocycles. The molecular weight excluding hydrogens is 174 g/mol. The zero-order chi connectivity index (χ0) is 8.97. The van der Waals surface area contributed by atoms with Crippen LogP contribution in [0.15, 0.2) is 18.8 Å². The highest BCUT2D eigenvalue weighted by atomic mass is 35.5. The lowest BCUT2D eigenvalue weighted by atomic mass is 10.3. The lowest BCUT2D eigenvalue weighted by Crippen LogP contribution is -1.96. The molecule has 0 saturated carbocycles. The maximum absolute atomic E-state index is 5.73. The fraction of sp³-hybridized carbons (Fsp3) is 0.222. The summed E-state index contributed by atoms with van der Waals surface area (Å²) in [7, 11) is 0. The molecule has 0 aliphatic rings. The molecule has 0 radical (unpaired) electrons. The molecule has 0 saturated heterocycles. The van der Waals surface area contributed by atoms with Crippen LogP contribution in [0.3, 0.4) is 0 Å².